The molecule has 1 saturated heterocycles. The number of fused-ring (bicyclic) bond motifs is 1. The van der Waals surface area contributed by atoms with Crippen molar-refractivity contribution in [2.24, 2.45) is 5.92 Å². The molecule has 0 saturated carbocycles. The molecule has 2 aromatic rings. The lowest BCUT2D eigenvalue weighted by Gasteiger charge is -2.24. The van der Waals surface area contributed by atoms with Crippen LogP contribution in [0.2, 0.25) is 0 Å². The van der Waals surface area contributed by atoms with E-state index in [2.05, 4.69) is 5.32 Å². The molecular formula is C24H30N2O5S. The molecule has 1 atom stereocenters. The molecule has 1 N–H and O–H groups in total. The van der Waals surface area contributed by atoms with Gasteiger partial charge in [0.2, 0.25) is 10.0 Å². The van der Waals surface area contributed by atoms with Gasteiger partial charge in [0.1, 0.15) is 0 Å². The summed E-state index contributed by atoms with van der Waals surface area (Å²) >= 11 is 0. The molecule has 0 aromatic heterocycles. The van der Waals surface area contributed by atoms with E-state index in [0.717, 1.165) is 30.6 Å². The second-order valence-electron chi connectivity index (χ2n) is 8.59. The molecule has 1 fully saturated rings. The third-order valence-corrected chi connectivity index (χ3v) is 7.82. The van der Waals surface area contributed by atoms with Gasteiger partial charge in [0, 0.05) is 25.1 Å². The van der Waals surface area contributed by atoms with Gasteiger partial charge in [-0.15, -0.1) is 0 Å². The third kappa shape index (κ3) is 4.76. The number of carbonyl (C=O) groups excluding carboxylic acids is 1. The lowest BCUT2D eigenvalue weighted by atomic mass is 9.95. The molecule has 1 unspecified atom stereocenters. The maximum absolute atomic E-state index is 13.0. The summed E-state index contributed by atoms with van der Waals surface area (Å²) in [6.07, 6.45) is 2.60. The van der Waals surface area contributed by atoms with Gasteiger partial charge in [0.15, 0.2) is 11.5 Å². The van der Waals surface area contributed by atoms with Crippen LogP contribution in [0.4, 0.5) is 0 Å². The summed E-state index contributed by atoms with van der Waals surface area (Å²) in [4.78, 5) is 13.2. The van der Waals surface area contributed by atoms with Crippen LogP contribution in [0.25, 0.3) is 0 Å². The number of carbonyl (C=O) groups is 1. The summed E-state index contributed by atoms with van der Waals surface area (Å²) in [5.74, 6) is 1.30. The van der Waals surface area contributed by atoms with Crippen LogP contribution < -0.4 is 14.8 Å². The molecular weight excluding hydrogens is 428 g/mol. The Balaban J connectivity index is 1.50. The quantitative estimate of drug-likeness (QED) is 0.713. The van der Waals surface area contributed by atoms with Gasteiger partial charge in [-0.3, -0.25) is 4.79 Å². The van der Waals surface area contributed by atoms with Crippen LogP contribution in [0.5, 0.6) is 11.5 Å². The topological polar surface area (TPSA) is 84.9 Å². The molecule has 8 heteroatoms. The van der Waals surface area contributed by atoms with E-state index in [1.54, 1.807) is 12.1 Å². The van der Waals surface area contributed by atoms with E-state index in [9.17, 15) is 13.2 Å². The molecule has 4 rings (SSSR count). The number of nitrogens with zero attached hydrogens (tertiary/aromatic N) is 1. The van der Waals surface area contributed by atoms with Crippen molar-refractivity contribution in [3.05, 3.63) is 53.6 Å². The highest BCUT2D eigenvalue weighted by Gasteiger charge is 2.27. The minimum absolute atomic E-state index is 0.138. The number of ether oxygens (including phenoxy) is 2. The van der Waals surface area contributed by atoms with Crippen molar-refractivity contribution in [1.82, 2.24) is 9.62 Å². The molecule has 0 aliphatic carbocycles. The van der Waals surface area contributed by atoms with Crippen LogP contribution in [0.15, 0.2) is 47.4 Å². The van der Waals surface area contributed by atoms with Crippen LogP contribution in [0, 0.1) is 5.92 Å². The van der Waals surface area contributed by atoms with Crippen molar-refractivity contribution in [3.63, 3.8) is 0 Å². The highest BCUT2D eigenvalue weighted by atomic mass is 32.2. The normalized spacial score (nSPS) is 17.7. The molecule has 2 aromatic carbocycles. The number of benzene rings is 2. The van der Waals surface area contributed by atoms with Crippen LogP contribution in [0.3, 0.4) is 0 Å². The Morgan fingerprint density at radius 3 is 2.25 bits per heavy atom. The molecule has 2 heterocycles. The summed E-state index contributed by atoms with van der Waals surface area (Å²) in [6.45, 7) is 6.41. The van der Waals surface area contributed by atoms with Crippen LogP contribution in [0.1, 0.15) is 55.1 Å². The first kappa shape index (κ1) is 22.6. The summed E-state index contributed by atoms with van der Waals surface area (Å²) in [5, 5.41) is 3.09. The molecule has 2 aliphatic heterocycles. The van der Waals surface area contributed by atoms with Gasteiger partial charge >= 0.3 is 0 Å². The summed E-state index contributed by atoms with van der Waals surface area (Å²) in [6, 6.07) is 11.7. The molecule has 32 heavy (non-hydrogen) atoms. The van der Waals surface area contributed by atoms with E-state index in [1.165, 1.54) is 16.4 Å². The minimum Gasteiger partial charge on any atom is -0.490 e. The third-order valence-electron chi connectivity index (χ3n) is 5.90. The van der Waals surface area contributed by atoms with Gasteiger partial charge in [-0.1, -0.05) is 19.9 Å². The Bertz CT molecular complexity index is 1060. The SMILES string of the molecule is CC(C)C(NC(=O)c1ccc(S(=O)(=O)N2CCCC2)cc1)c1ccc2c(c1)OCCCO2. The highest BCUT2D eigenvalue weighted by molar-refractivity contribution is 7.89. The van der Waals surface area contributed by atoms with Crippen molar-refractivity contribution in [3.8, 4) is 11.5 Å². The first-order chi connectivity index (χ1) is 15.4. The minimum atomic E-state index is -3.50. The first-order valence-corrected chi connectivity index (χ1v) is 12.6. The number of hydrogen-bond donors (Lipinski definition) is 1. The lowest BCUT2D eigenvalue weighted by molar-refractivity contribution is 0.0925. The van der Waals surface area contributed by atoms with Gasteiger partial charge in [-0.2, -0.15) is 4.31 Å². The monoisotopic (exact) mass is 458 g/mol. The second-order valence-corrected chi connectivity index (χ2v) is 10.5. The highest BCUT2D eigenvalue weighted by Crippen LogP contribution is 2.34. The fraction of sp³-hybridized carbons (Fsp3) is 0.458. The van der Waals surface area contributed by atoms with Crippen molar-refractivity contribution >= 4 is 15.9 Å². The summed E-state index contributed by atoms with van der Waals surface area (Å²) in [5.41, 5.74) is 1.36. The Hall–Kier alpha value is -2.58. The molecule has 2 aliphatic rings. The fourth-order valence-electron chi connectivity index (χ4n) is 4.09. The Morgan fingerprint density at radius 2 is 1.59 bits per heavy atom. The number of amides is 1. The molecule has 0 bridgehead atoms. The van der Waals surface area contributed by atoms with Gasteiger partial charge < -0.3 is 14.8 Å². The molecule has 172 valence electrons. The average molecular weight is 459 g/mol. The maximum atomic E-state index is 13.0. The van der Waals surface area contributed by atoms with E-state index in [-0.39, 0.29) is 22.8 Å². The van der Waals surface area contributed by atoms with Gasteiger partial charge in [0.05, 0.1) is 24.2 Å². The fourth-order valence-corrected chi connectivity index (χ4v) is 5.61. The zero-order valence-electron chi connectivity index (χ0n) is 18.5. The van der Waals surface area contributed by atoms with E-state index >= 15 is 0 Å². The standard InChI is InChI=1S/C24H30N2O5S/c1-17(2)23(19-8-11-21-22(16-19)31-15-5-14-30-21)25-24(27)18-6-9-20(10-7-18)32(28,29)26-12-3-4-13-26/h6-11,16-17,23H,3-5,12-15H2,1-2H3,(H,25,27). The smallest absolute Gasteiger partial charge is 0.251 e. The van der Waals surface area contributed by atoms with E-state index in [4.69, 9.17) is 9.47 Å². The van der Waals surface area contributed by atoms with Crippen LogP contribution >= 0.6 is 0 Å². The van der Waals surface area contributed by atoms with Crippen molar-refractivity contribution < 1.29 is 22.7 Å². The van der Waals surface area contributed by atoms with Crippen molar-refractivity contribution in [2.75, 3.05) is 26.3 Å². The lowest BCUT2D eigenvalue weighted by Crippen LogP contribution is -2.32. The second kappa shape index (κ2) is 9.50. The number of rotatable bonds is 6. The predicted octanol–water partition coefficient (Wildman–Crippen LogP) is 3.76. The maximum Gasteiger partial charge on any atom is 0.251 e. The average Bonchev–Trinajstić information content (AvgIpc) is 3.24. The van der Waals surface area contributed by atoms with Gasteiger partial charge in [-0.25, -0.2) is 8.42 Å². The number of nitrogens with one attached hydrogen (secondary N) is 1. The van der Waals surface area contributed by atoms with E-state index in [1.807, 2.05) is 32.0 Å². The van der Waals surface area contributed by atoms with E-state index < -0.39 is 10.0 Å². The van der Waals surface area contributed by atoms with Crippen LogP contribution in [-0.4, -0.2) is 44.9 Å². The zero-order valence-corrected chi connectivity index (χ0v) is 19.4. The van der Waals surface area contributed by atoms with Crippen LogP contribution in [-0.2, 0) is 10.0 Å². The van der Waals surface area contributed by atoms with Crippen molar-refractivity contribution in [2.45, 2.75) is 44.0 Å². The Kier molecular flexibility index (Phi) is 6.71. The molecule has 1 amide bonds. The van der Waals surface area contributed by atoms with Gasteiger partial charge in [-0.05, 0) is 60.7 Å². The summed E-state index contributed by atoms with van der Waals surface area (Å²) < 4.78 is 38.4. The predicted molar refractivity (Wildman–Crippen MR) is 122 cm³/mol. The Morgan fingerprint density at radius 1 is 0.938 bits per heavy atom. The van der Waals surface area contributed by atoms with Gasteiger partial charge in [0.25, 0.3) is 5.91 Å². The Labute approximate surface area is 189 Å². The zero-order chi connectivity index (χ0) is 22.7. The molecule has 0 spiro atoms. The van der Waals surface area contributed by atoms with E-state index in [0.29, 0.717) is 37.6 Å². The summed E-state index contributed by atoms with van der Waals surface area (Å²) in [7, 11) is -3.50. The van der Waals surface area contributed by atoms with Crippen molar-refractivity contribution in [1.29, 1.82) is 0 Å². The molecule has 7 nitrogen and oxygen atoms in total. The number of sulfonamides is 1. The largest absolute Gasteiger partial charge is 0.490 e. The first-order valence-electron chi connectivity index (χ1n) is 11.2. The molecule has 0 radical (unpaired) electrons. The number of hydrogen-bond acceptors (Lipinski definition) is 5.